The monoisotopic (exact) mass is 480 g/mol. The van der Waals surface area contributed by atoms with Crippen molar-refractivity contribution in [2.45, 2.75) is 0 Å². The minimum Gasteiger partial charge on any atom is -0.365 e. The van der Waals surface area contributed by atoms with Gasteiger partial charge in [0, 0.05) is 74.7 Å². The number of rotatable bonds is 5. The molecule has 5 aromatic rings. The van der Waals surface area contributed by atoms with E-state index in [-0.39, 0.29) is 5.82 Å². The van der Waals surface area contributed by atoms with Crippen molar-refractivity contribution < 1.29 is 4.39 Å². The Bertz CT molecular complexity index is 1530. The smallest absolute Gasteiger partial charge is 0.225 e. The van der Waals surface area contributed by atoms with E-state index in [1.807, 2.05) is 36.4 Å². The van der Waals surface area contributed by atoms with E-state index in [1.54, 1.807) is 29.2 Å². The molecule has 0 saturated carbocycles. The number of fused-ring (bicyclic) bond motifs is 1. The van der Waals surface area contributed by atoms with Gasteiger partial charge in [-0.3, -0.25) is 4.68 Å². The Balaban J connectivity index is 1.13. The van der Waals surface area contributed by atoms with Crippen molar-refractivity contribution in [1.82, 2.24) is 29.4 Å². The van der Waals surface area contributed by atoms with Crippen molar-refractivity contribution in [2.75, 3.05) is 36.0 Å². The van der Waals surface area contributed by atoms with Gasteiger partial charge in [-0.15, -0.1) is 0 Å². The minimum atomic E-state index is -0.268. The van der Waals surface area contributed by atoms with E-state index < -0.39 is 0 Å². The summed E-state index contributed by atoms with van der Waals surface area (Å²) in [4.78, 5) is 13.7. The summed E-state index contributed by atoms with van der Waals surface area (Å²) in [5.74, 6) is 0.433. The van der Waals surface area contributed by atoms with Gasteiger partial charge in [-0.25, -0.2) is 18.9 Å². The predicted molar refractivity (Wildman–Crippen MR) is 138 cm³/mol. The molecule has 0 N–H and O–H groups in total. The van der Waals surface area contributed by atoms with E-state index in [0.717, 1.165) is 65.2 Å². The second-order valence-electron chi connectivity index (χ2n) is 8.91. The third kappa shape index (κ3) is 4.08. The number of nitrogens with zero attached hydrogens (tertiary/aromatic N) is 8. The molecule has 1 aliphatic heterocycles. The van der Waals surface area contributed by atoms with Crippen LogP contribution in [0.25, 0.3) is 22.2 Å². The molecule has 0 spiro atoms. The fraction of sp³-hybridized carbons (Fsp3) is 0.185. The molecular weight excluding hydrogens is 455 g/mol. The number of pyridine rings is 1. The number of benzene rings is 1. The number of halogens is 1. The minimum absolute atomic E-state index is 0.268. The first-order valence-corrected chi connectivity index (χ1v) is 11.8. The van der Waals surface area contributed by atoms with E-state index in [1.165, 1.54) is 12.1 Å². The summed E-state index contributed by atoms with van der Waals surface area (Å²) in [5, 5.41) is 8.86. The highest BCUT2D eigenvalue weighted by Gasteiger charge is 2.22. The lowest BCUT2D eigenvalue weighted by Crippen LogP contribution is -2.47. The molecule has 9 heteroatoms. The van der Waals surface area contributed by atoms with Gasteiger partial charge >= 0.3 is 0 Å². The Morgan fingerprint density at radius 1 is 0.778 bits per heavy atom. The quantitative estimate of drug-likeness (QED) is 0.378. The van der Waals surface area contributed by atoms with Gasteiger partial charge in [-0.1, -0.05) is 24.8 Å². The number of piperazine rings is 1. The molecule has 1 saturated heterocycles. The Kier molecular flexibility index (Phi) is 5.44. The summed E-state index contributed by atoms with van der Waals surface area (Å²) < 4.78 is 16.9. The van der Waals surface area contributed by atoms with Crippen molar-refractivity contribution in [3.63, 3.8) is 0 Å². The lowest BCUT2D eigenvalue weighted by atomic mass is 10.0. The molecular formula is C27H25FN8. The molecule has 0 radical (unpaired) electrons. The predicted octanol–water partition coefficient (Wildman–Crippen LogP) is 4.05. The Labute approximate surface area is 207 Å². The fourth-order valence-corrected chi connectivity index (χ4v) is 4.56. The highest BCUT2D eigenvalue weighted by Crippen LogP contribution is 2.27. The Morgan fingerprint density at radius 2 is 1.50 bits per heavy atom. The van der Waals surface area contributed by atoms with Gasteiger partial charge < -0.3 is 9.80 Å². The summed E-state index contributed by atoms with van der Waals surface area (Å²) in [6.45, 7) is 7.43. The van der Waals surface area contributed by atoms with Crippen LogP contribution >= 0.6 is 0 Å². The van der Waals surface area contributed by atoms with Crippen LogP contribution in [0, 0.1) is 5.82 Å². The van der Waals surface area contributed by atoms with Crippen molar-refractivity contribution in [1.29, 1.82) is 0 Å². The molecule has 1 aliphatic rings. The van der Waals surface area contributed by atoms with Gasteiger partial charge in [0.15, 0.2) is 0 Å². The van der Waals surface area contributed by atoms with Crippen molar-refractivity contribution in [3.05, 3.63) is 97.1 Å². The maximum atomic E-state index is 13.2. The van der Waals surface area contributed by atoms with Crippen LogP contribution in [-0.2, 0) is 7.05 Å². The molecule has 0 atom stereocenters. The van der Waals surface area contributed by atoms with Crippen molar-refractivity contribution >= 4 is 22.7 Å². The molecule has 4 aromatic heterocycles. The number of anilines is 2. The number of aromatic nitrogens is 6. The average Bonchev–Trinajstić information content (AvgIpc) is 3.55. The largest absolute Gasteiger partial charge is 0.365 e. The van der Waals surface area contributed by atoms with Crippen LogP contribution in [0.5, 0.6) is 0 Å². The zero-order valence-electron chi connectivity index (χ0n) is 19.9. The van der Waals surface area contributed by atoms with Gasteiger partial charge in [0.05, 0.1) is 23.6 Å². The number of hydrogen-bond acceptors (Lipinski definition) is 6. The lowest BCUT2D eigenvalue weighted by Gasteiger charge is -2.35. The zero-order valence-corrected chi connectivity index (χ0v) is 19.9. The molecule has 1 fully saturated rings. The summed E-state index contributed by atoms with van der Waals surface area (Å²) in [7, 11) is 1.91. The first-order chi connectivity index (χ1) is 17.5. The molecule has 1 aromatic carbocycles. The first kappa shape index (κ1) is 22.0. The van der Waals surface area contributed by atoms with Crippen LogP contribution in [0.15, 0.2) is 80.2 Å². The van der Waals surface area contributed by atoms with Gasteiger partial charge in [-0.2, -0.15) is 10.2 Å². The SMILES string of the molecule is C=C(c1ccc(F)cc1)c1cnc(N2CCN(c3cnn4cc(-c5cnn(C)c5)ccc34)CC2)nc1. The van der Waals surface area contributed by atoms with Gasteiger partial charge in [-0.05, 0) is 29.3 Å². The molecule has 5 heterocycles. The molecule has 0 amide bonds. The molecule has 36 heavy (non-hydrogen) atoms. The third-order valence-corrected chi connectivity index (χ3v) is 6.62. The molecule has 8 nitrogen and oxygen atoms in total. The van der Waals surface area contributed by atoms with Crippen LogP contribution in [0.2, 0.25) is 0 Å². The molecule has 0 bridgehead atoms. The molecule has 0 unspecified atom stereocenters. The first-order valence-electron chi connectivity index (χ1n) is 11.8. The van der Waals surface area contributed by atoms with E-state index in [0.29, 0.717) is 5.95 Å². The van der Waals surface area contributed by atoms with E-state index in [9.17, 15) is 4.39 Å². The summed E-state index contributed by atoms with van der Waals surface area (Å²) in [6.07, 6.45) is 11.4. The molecule has 6 rings (SSSR count). The van der Waals surface area contributed by atoms with Gasteiger partial charge in [0.1, 0.15) is 5.82 Å². The lowest BCUT2D eigenvalue weighted by molar-refractivity contribution is 0.627. The second-order valence-corrected chi connectivity index (χ2v) is 8.91. The molecule has 180 valence electrons. The van der Waals surface area contributed by atoms with E-state index in [4.69, 9.17) is 0 Å². The van der Waals surface area contributed by atoms with Crippen molar-refractivity contribution in [2.24, 2.45) is 7.05 Å². The second kappa shape index (κ2) is 8.92. The van der Waals surface area contributed by atoms with Crippen LogP contribution in [0.3, 0.4) is 0 Å². The van der Waals surface area contributed by atoms with Crippen LogP contribution in [0.4, 0.5) is 16.0 Å². The number of aryl methyl sites for hydroxylation is 1. The van der Waals surface area contributed by atoms with Gasteiger partial charge in [0.2, 0.25) is 5.95 Å². The van der Waals surface area contributed by atoms with Crippen LogP contribution in [-0.4, -0.2) is 55.5 Å². The Morgan fingerprint density at radius 3 is 2.19 bits per heavy atom. The fourth-order valence-electron chi connectivity index (χ4n) is 4.56. The standard InChI is InChI=1S/C27H25FN8/c1-19(20-3-6-24(28)7-4-20)22-13-29-27(30-14-22)35-11-9-34(10-12-35)26-16-32-36-18-21(5-8-25(26)36)23-15-31-33(2)17-23/h3-8,13-18H,1,9-12H2,2H3. The number of hydrogen-bond donors (Lipinski definition) is 0. The highest BCUT2D eigenvalue weighted by atomic mass is 19.1. The normalized spacial score (nSPS) is 13.9. The zero-order chi connectivity index (χ0) is 24.6. The highest BCUT2D eigenvalue weighted by molar-refractivity contribution is 5.77. The van der Waals surface area contributed by atoms with E-state index >= 15 is 0 Å². The summed E-state index contributed by atoms with van der Waals surface area (Å²) >= 11 is 0. The maximum Gasteiger partial charge on any atom is 0.225 e. The van der Waals surface area contributed by atoms with Crippen molar-refractivity contribution in [3.8, 4) is 11.1 Å². The topological polar surface area (TPSA) is 67.4 Å². The average molecular weight is 481 g/mol. The summed E-state index contributed by atoms with van der Waals surface area (Å²) in [6, 6.07) is 10.5. The van der Waals surface area contributed by atoms with E-state index in [2.05, 4.69) is 48.7 Å². The Hall–Kier alpha value is -4.53. The third-order valence-electron chi connectivity index (χ3n) is 6.62. The van der Waals surface area contributed by atoms with Crippen LogP contribution < -0.4 is 9.80 Å². The molecule has 0 aliphatic carbocycles. The summed E-state index contributed by atoms with van der Waals surface area (Å²) in [5.41, 5.74) is 6.79. The van der Waals surface area contributed by atoms with Gasteiger partial charge in [0.25, 0.3) is 0 Å². The van der Waals surface area contributed by atoms with Crippen LogP contribution in [0.1, 0.15) is 11.1 Å². The maximum absolute atomic E-state index is 13.2.